The standard InChI is InChI=1S/C7H16.C4H7N3.C3H8/c1-3-5-7-6-4-2;1-4-3-7(2)6-5-4;1-3-2/h3-7H2,1-2H3;3H,1-2H3;3H2,1-2H3. The summed E-state index contributed by atoms with van der Waals surface area (Å²) in [6.45, 7) is 10.7. The minimum atomic E-state index is 0.961. The lowest BCUT2D eigenvalue weighted by Crippen LogP contribution is -1.85. The van der Waals surface area contributed by atoms with Gasteiger partial charge in [0.1, 0.15) is 0 Å². The van der Waals surface area contributed by atoms with Gasteiger partial charge in [0.2, 0.25) is 0 Å². The highest BCUT2D eigenvalue weighted by Gasteiger charge is 1.83. The van der Waals surface area contributed by atoms with Gasteiger partial charge < -0.3 is 0 Å². The number of hydrogen-bond acceptors (Lipinski definition) is 2. The molecule has 0 aliphatic rings. The molecule has 0 aliphatic carbocycles. The Bertz CT molecular complexity index is 211. The van der Waals surface area contributed by atoms with Crippen molar-refractivity contribution in [1.29, 1.82) is 0 Å². The largest absolute Gasteiger partial charge is 0.255 e. The van der Waals surface area contributed by atoms with Crippen LogP contribution in [0.15, 0.2) is 6.20 Å². The quantitative estimate of drug-likeness (QED) is 0.726. The molecule has 1 heterocycles. The maximum absolute atomic E-state index is 3.73. The zero-order valence-electron chi connectivity index (χ0n) is 12.7. The zero-order chi connectivity index (χ0) is 13.5. The van der Waals surface area contributed by atoms with Crippen molar-refractivity contribution in [2.75, 3.05) is 0 Å². The maximum atomic E-state index is 3.73. The fourth-order valence-corrected chi connectivity index (χ4v) is 1.14. The number of unbranched alkanes of at least 4 members (excludes halogenated alkanes) is 4. The maximum Gasteiger partial charge on any atom is 0.0796 e. The van der Waals surface area contributed by atoms with Gasteiger partial charge >= 0.3 is 0 Å². The van der Waals surface area contributed by atoms with Gasteiger partial charge in [0.25, 0.3) is 0 Å². The molecule has 0 N–H and O–H groups in total. The van der Waals surface area contributed by atoms with E-state index in [0.717, 1.165) is 5.69 Å². The zero-order valence-corrected chi connectivity index (χ0v) is 12.7. The van der Waals surface area contributed by atoms with Crippen LogP contribution in [0.4, 0.5) is 0 Å². The van der Waals surface area contributed by atoms with E-state index in [9.17, 15) is 0 Å². The lowest BCUT2D eigenvalue weighted by atomic mass is 10.2. The van der Waals surface area contributed by atoms with Crippen LogP contribution < -0.4 is 0 Å². The molecule has 0 spiro atoms. The molecule has 0 unspecified atom stereocenters. The van der Waals surface area contributed by atoms with Crippen molar-refractivity contribution in [2.24, 2.45) is 7.05 Å². The fourth-order valence-electron chi connectivity index (χ4n) is 1.14. The molecule has 3 nitrogen and oxygen atoms in total. The van der Waals surface area contributed by atoms with Crippen molar-refractivity contribution in [3.8, 4) is 0 Å². The topological polar surface area (TPSA) is 30.7 Å². The molecule has 0 saturated carbocycles. The summed E-state index contributed by atoms with van der Waals surface area (Å²) in [4.78, 5) is 0. The number of aromatic nitrogens is 3. The fraction of sp³-hybridized carbons (Fsp3) is 0.857. The van der Waals surface area contributed by atoms with Crippen LogP contribution in [-0.4, -0.2) is 15.0 Å². The van der Waals surface area contributed by atoms with Gasteiger partial charge in [-0.3, -0.25) is 4.68 Å². The van der Waals surface area contributed by atoms with Crippen LogP contribution in [-0.2, 0) is 7.05 Å². The third kappa shape index (κ3) is 17.7. The van der Waals surface area contributed by atoms with E-state index >= 15 is 0 Å². The number of aryl methyl sites for hydroxylation is 2. The molecule has 102 valence electrons. The molecule has 17 heavy (non-hydrogen) atoms. The van der Waals surface area contributed by atoms with E-state index in [-0.39, 0.29) is 0 Å². The normalized spacial score (nSPS) is 8.82. The lowest BCUT2D eigenvalue weighted by Gasteiger charge is -1.90. The average molecular weight is 241 g/mol. The molecular weight excluding hydrogens is 210 g/mol. The first-order valence-corrected chi connectivity index (χ1v) is 6.95. The van der Waals surface area contributed by atoms with Gasteiger partial charge in [-0.2, -0.15) is 0 Å². The van der Waals surface area contributed by atoms with E-state index < -0.39 is 0 Å². The van der Waals surface area contributed by atoms with Gasteiger partial charge in [-0.15, -0.1) is 5.10 Å². The first-order chi connectivity index (χ1) is 8.12. The minimum Gasteiger partial charge on any atom is -0.255 e. The molecule has 0 aromatic carbocycles. The molecule has 0 amide bonds. The minimum absolute atomic E-state index is 0.961. The third-order valence-corrected chi connectivity index (χ3v) is 1.92. The first-order valence-electron chi connectivity index (χ1n) is 6.95. The van der Waals surface area contributed by atoms with Gasteiger partial charge in [-0.25, -0.2) is 0 Å². The second-order valence-corrected chi connectivity index (χ2v) is 4.30. The van der Waals surface area contributed by atoms with Gasteiger partial charge in [0.05, 0.1) is 5.69 Å². The van der Waals surface area contributed by atoms with Crippen molar-refractivity contribution in [3.05, 3.63) is 11.9 Å². The van der Waals surface area contributed by atoms with Crippen LogP contribution in [0.1, 0.15) is 71.9 Å². The molecule has 1 rings (SSSR count). The molecule has 1 aromatic heterocycles. The Kier molecular flexibility index (Phi) is 16.5. The summed E-state index contributed by atoms with van der Waals surface area (Å²) >= 11 is 0. The summed E-state index contributed by atoms with van der Waals surface area (Å²) in [6.07, 6.45) is 10.1. The second-order valence-electron chi connectivity index (χ2n) is 4.30. The van der Waals surface area contributed by atoms with E-state index in [4.69, 9.17) is 0 Å². The van der Waals surface area contributed by atoms with Gasteiger partial charge in [-0.1, -0.05) is 71.4 Å². The SMILES string of the molecule is CCC.CCCCCCC.Cc1cn(C)nn1. The molecule has 0 atom stereocenters. The monoisotopic (exact) mass is 241 g/mol. The van der Waals surface area contributed by atoms with Gasteiger partial charge in [0, 0.05) is 13.2 Å². The summed E-state index contributed by atoms with van der Waals surface area (Å²) in [7, 11) is 1.85. The summed E-state index contributed by atoms with van der Waals surface area (Å²) in [5.74, 6) is 0. The summed E-state index contributed by atoms with van der Waals surface area (Å²) in [5.41, 5.74) is 0.961. The Morgan fingerprint density at radius 1 is 1.00 bits per heavy atom. The van der Waals surface area contributed by atoms with Crippen LogP contribution in [0.2, 0.25) is 0 Å². The van der Waals surface area contributed by atoms with E-state index in [1.807, 2.05) is 20.2 Å². The van der Waals surface area contributed by atoms with Gasteiger partial charge in [0.15, 0.2) is 0 Å². The number of rotatable bonds is 4. The van der Waals surface area contributed by atoms with Crippen LogP contribution >= 0.6 is 0 Å². The predicted octanol–water partition coefficient (Wildman–Crippen LogP) is 4.52. The Hall–Kier alpha value is -0.860. The highest BCUT2D eigenvalue weighted by molar-refractivity contribution is 4.85. The number of nitrogens with zero attached hydrogens (tertiary/aromatic N) is 3. The van der Waals surface area contributed by atoms with Crippen LogP contribution in [0.25, 0.3) is 0 Å². The van der Waals surface area contributed by atoms with Gasteiger partial charge in [-0.05, 0) is 6.92 Å². The smallest absolute Gasteiger partial charge is 0.0796 e. The molecule has 3 heteroatoms. The van der Waals surface area contributed by atoms with Crippen molar-refractivity contribution >= 4 is 0 Å². The van der Waals surface area contributed by atoms with Crippen molar-refractivity contribution < 1.29 is 0 Å². The van der Waals surface area contributed by atoms with E-state index in [0.29, 0.717) is 0 Å². The van der Waals surface area contributed by atoms with Crippen LogP contribution in [0.3, 0.4) is 0 Å². The average Bonchev–Trinajstić information content (AvgIpc) is 2.65. The molecule has 1 aromatic rings. The Labute approximate surface area is 108 Å². The molecule has 0 fully saturated rings. The van der Waals surface area contributed by atoms with E-state index in [1.54, 1.807) is 4.68 Å². The third-order valence-electron chi connectivity index (χ3n) is 1.92. The van der Waals surface area contributed by atoms with E-state index in [1.165, 1.54) is 38.5 Å². The highest BCUT2D eigenvalue weighted by atomic mass is 15.4. The highest BCUT2D eigenvalue weighted by Crippen LogP contribution is 2.00. The molecule has 0 aliphatic heterocycles. The predicted molar refractivity (Wildman–Crippen MR) is 76.1 cm³/mol. The van der Waals surface area contributed by atoms with Crippen molar-refractivity contribution in [2.45, 2.75) is 73.1 Å². The summed E-state index contributed by atoms with van der Waals surface area (Å²) in [6, 6.07) is 0. The van der Waals surface area contributed by atoms with Crippen LogP contribution in [0, 0.1) is 6.92 Å². The van der Waals surface area contributed by atoms with E-state index in [2.05, 4.69) is 38.0 Å². The molecule has 0 bridgehead atoms. The number of hydrogen-bond donors (Lipinski definition) is 0. The molecular formula is C14H31N3. The van der Waals surface area contributed by atoms with Crippen molar-refractivity contribution in [1.82, 2.24) is 15.0 Å². The Morgan fingerprint density at radius 3 is 1.65 bits per heavy atom. The van der Waals surface area contributed by atoms with Crippen LogP contribution in [0.5, 0.6) is 0 Å². The molecule has 0 saturated heterocycles. The van der Waals surface area contributed by atoms with Crippen molar-refractivity contribution in [3.63, 3.8) is 0 Å². The summed E-state index contributed by atoms with van der Waals surface area (Å²) in [5, 5.41) is 7.41. The summed E-state index contributed by atoms with van der Waals surface area (Å²) < 4.78 is 1.68. The lowest BCUT2D eigenvalue weighted by molar-refractivity contribution is 0.656. The Morgan fingerprint density at radius 2 is 1.47 bits per heavy atom. The second kappa shape index (κ2) is 15.1. The molecule has 0 radical (unpaired) electrons. The Balaban J connectivity index is 0. The first kappa shape index (κ1) is 18.5.